The predicted octanol–water partition coefficient (Wildman–Crippen LogP) is 6.99. The largest absolute Gasteiger partial charge is 0.349 e. The second-order valence-electron chi connectivity index (χ2n) is 7.58. The van der Waals surface area contributed by atoms with E-state index in [9.17, 15) is 18.4 Å². The van der Waals surface area contributed by atoms with Crippen LogP contribution in [0, 0.1) is 5.92 Å². The molecule has 1 atom stereocenters. The molecule has 2 aliphatic rings. The third-order valence-corrected chi connectivity index (χ3v) is 6.47. The van der Waals surface area contributed by atoms with Crippen LogP contribution in [0.15, 0.2) is 42.5 Å². The summed E-state index contributed by atoms with van der Waals surface area (Å²) in [5.41, 5.74) is 0.452. The van der Waals surface area contributed by atoms with Crippen molar-refractivity contribution in [2.45, 2.75) is 35.6 Å². The summed E-state index contributed by atoms with van der Waals surface area (Å²) in [6, 6.07) is 10.9. The van der Waals surface area contributed by atoms with Crippen LogP contribution in [0.3, 0.4) is 0 Å². The summed E-state index contributed by atoms with van der Waals surface area (Å²) in [6.45, 7) is 0. The molecule has 0 spiro atoms. The van der Waals surface area contributed by atoms with Gasteiger partial charge in [-0.1, -0.05) is 40.9 Å². The average molecular weight is 545 g/mol. The number of halogens is 7. The number of nitrogens with one attached hydrogen (secondary N) is 2. The highest BCUT2D eigenvalue weighted by molar-refractivity contribution is 6.52. The number of anilines is 1. The first-order chi connectivity index (χ1) is 14.9. The van der Waals surface area contributed by atoms with Crippen LogP contribution in [0.5, 0.6) is 0 Å². The average Bonchev–Trinajstić information content (AvgIpc) is 3.30. The lowest BCUT2D eigenvalue weighted by Gasteiger charge is -2.35. The molecule has 32 heavy (non-hydrogen) atoms. The van der Waals surface area contributed by atoms with Gasteiger partial charge in [-0.2, -0.15) is 0 Å². The predicted molar refractivity (Wildman–Crippen MR) is 125 cm³/mol. The van der Waals surface area contributed by atoms with Gasteiger partial charge in [-0.15, -0.1) is 23.2 Å². The summed E-state index contributed by atoms with van der Waals surface area (Å²) in [7, 11) is 0. The monoisotopic (exact) mass is 542 g/mol. The normalized spacial score (nSPS) is 20.3. The van der Waals surface area contributed by atoms with Gasteiger partial charge >= 0.3 is 0 Å². The van der Waals surface area contributed by atoms with Gasteiger partial charge in [0.1, 0.15) is 4.33 Å². The lowest BCUT2D eigenvalue weighted by Crippen LogP contribution is -2.50. The SMILES string of the molecule is Clc1cccc(Cl)c1.O=C(NC1CC(F)(F)C1)c1cc(NC(=O)C2CC2(Cl)Cl)ccc1Cl. The van der Waals surface area contributed by atoms with E-state index in [0.717, 1.165) is 0 Å². The first-order valence-electron chi connectivity index (χ1n) is 9.44. The Bertz CT molecular complexity index is 1010. The minimum atomic E-state index is -2.72. The van der Waals surface area contributed by atoms with E-state index < -0.39 is 28.1 Å². The molecule has 0 heterocycles. The molecule has 0 bridgehead atoms. The number of carbonyl (C=O) groups excluding carboxylic acids is 2. The molecular formula is C21H17Cl5F2N2O2. The van der Waals surface area contributed by atoms with E-state index in [2.05, 4.69) is 10.6 Å². The Hall–Kier alpha value is -1.31. The molecule has 2 fully saturated rings. The Morgan fingerprint density at radius 1 is 0.938 bits per heavy atom. The first-order valence-corrected chi connectivity index (χ1v) is 11.3. The van der Waals surface area contributed by atoms with Gasteiger partial charge in [0.2, 0.25) is 5.91 Å². The van der Waals surface area contributed by atoms with Gasteiger partial charge in [0.25, 0.3) is 11.8 Å². The van der Waals surface area contributed by atoms with Gasteiger partial charge in [-0.25, -0.2) is 8.78 Å². The molecule has 0 aliphatic heterocycles. The van der Waals surface area contributed by atoms with Gasteiger partial charge < -0.3 is 10.6 Å². The molecular weight excluding hydrogens is 528 g/mol. The molecule has 11 heteroatoms. The van der Waals surface area contributed by atoms with Crippen molar-refractivity contribution in [1.82, 2.24) is 5.32 Å². The van der Waals surface area contributed by atoms with Crippen LogP contribution in [0.2, 0.25) is 15.1 Å². The number of alkyl halides is 4. The molecule has 2 N–H and O–H groups in total. The van der Waals surface area contributed by atoms with Gasteiger partial charge in [0.05, 0.1) is 16.5 Å². The van der Waals surface area contributed by atoms with Crippen molar-refractivity contribution in [2.75, 3.05) is 5.32 Å². The maximum atomic E-state index is 12.8. The highest BCUT2D eigenvalue weighted by Crippen LogP contribution is 2.53. The lowest BCUT2D eigenvalue weighted by atomic mass is 9.88. The Balaban J connectivity index is 0.000000305. The van der Waals surface area contributed by atoms with Crippen LogP contribution in [0.4, 0.5) is 14.5 Å². The highest BCUT2D eigenvalue weighted by atomic mass is 35.5. The summed E-state index contributed by atoms with van der Waals surface area (Å²) in [5.74, 6) is -4.15. The minimum Gasteiger partial charge on any atom is -0.349 e. The molecule has 0 saturated heterocycles. The molecule has 2 aromatic carbocycles. The Morgan fingerprint density at radius 2 is 1.53 bits per heavy atom. The van der Waals surface area contributed by atoms with E-state index in [1.54, 1.807) is 18.2 Å². The quantitative estimate of drug-likeness (QED) is 0.408. The topological polar surface area (TPSA) is 58.2 Å². The minimum absolute atomic E-state index is 0.100. The first kappa shape index (κ1) is 25.3. The Kier molecular flexibility index (Phi) is 7.83. The summed E-state index contributed by atoms with van der Waals surface area (Å²) in [5, 5.41) is 6.63. The van der Waals surface area contributed by atoms with Crippen molar-refractivity contribution in [3.63, 3.8) is 0 Å². The van der Waals surface area contributed by atoms with Crippen molar-refractivity contribution < 1.29 is 18.4 Å². The van der Waals surface area contributed by atoms with Crippen molar-refractivity contribution in [2.24, 2.45) is 5.92 Å². The fraction of sp³-hybridized carbons (Fsp3) is 0.333. The fourth-order valence-corrected chi connectivity index (χ4v) is 4.14. The Morgan fingerprint density at radius 3 is 2.00 bits per heavy atom. The molecule has 4 rings (SSSR count). The van der Waals surface area contributed by atoms with E-state index in [1.807, 2.05) is 6.07 Å². The molecule has 1 unspecified atom stereocenters. The zero-order chi connectivity index (χ0) is 23.7. The maximum Gasteiger partial charge on any atom is 0.253 e. The second-order valence-corrected chi connectivity index (χ2v) is 10.4. The molecule has 172 valence electrons. The third-order valence-electron chi connectivity index (χ3n) is 4.83. The van der Waals surface area contributed by atoms with Crippen molar-refractivity contribution in [3.8, 4) is 0 Å². The van der Waals surface area contributed by atoms with Crippen molar-refractivity contribution >= 4 is 75.5 Å². The maximum absolute atomic E-state index is 12.8. The van der Waals surface area contributed by atoms with Crippen LogP contribution in [0.25, 0.3) is 0 Å². The standard InChI is InChI=1S/C15H13Cl3F2N2O2.C6H4Cl2/c16-11-2-1-7(21-13(24)10-6-15(10,17)18)3-9(11)12(23)22-8-4-14(19,20)5-8;7-5-2-1-3-6(8)4-5/h1-3,8,10H,4-6H2,(H,21,24)(H,22,23);1-4H. The molecule has 4 nitrogen and oxygen atoms in total. The number of rotatable bonds is 4. The van der Waals surface area contributed by atoms with Gasteiger partial charge in [0, 0.05) is 34.6 Å². The molecule has 0 radical (unpaired) electrons. The van der Waals surface area contributed by atoms with Crippen LogP contribution < -0.4 is 10.6 Å². The smallest absolute Gasteiger partial charge is 0.253 e. The Labute approximate surface area is 208 Å². The number of hydrogen-bond acceptors (Lipinski definition) is 2. The van der Waals surface area contributed by atoms with Crippen LogP contribution >= 0.6 is 58.0 Å². The van der Waals surface area contributed by atoms with Gasteiger partial charge in [-0.05, 0) is 42.8 Å². The van der Waals surface area contributed by atoms with E-state index >= 15 is 0 Å². The van der Waals surface area contributed by atoms with Gasteiger partial charge in [-0.3, -0.25) is 9.59 Å². The summed E-state index contributed by atoms with van der Waals surface area (Å²) >= 11 is 28.8. The van der Waals surface area contributed by atoms with E-state index in [0.29, 0.717) is 22.2 Å². The molecule has 0 aromatic heterocycles. The summed E-state index contributed by atoms with van der Waals surface area (Å²) in [6.07, 6.45) is -0.414. The van der Waals surface area contributed by atoms with Crippen LogP contribution in [-0.2, 0) is 4.79 Å². The second kappa shape index (κ2) is 9.90. The van der Waals surface area contributed by atoms with Crippen LogP contribution in [0.1, 0.15) is 29.6 Å². The highest BCUT2D eigenvalue weighted by Gasteiger charge is 2.56. The van der Waals surface area contributed by atoms with Gasteiger partial charge in [0.15, 0.2) is 0 Å². The third kappa shape index (κ3) is 6.84. The number of amides is 2. The molecule has 2 aliphatic carbocycles. The molecule has 2 aromatic rings. The van der Waals surface area contributed by atoms with Crippen LogP contribution in [-0.4, -0.2) is 28.1 Å². The van der Waals surface area contributed by atoms with Crippen molar-refractivity contribution in [1.29, 1.82) is 0 Å². The summed E-state index contributed by atoms with van der Waals surface area (Å²) in [4.78, 5) is 24.1. The van der Waals surface area contributed by atoms with E-state index in [-0.39, 0.29) is 29.3 Å². The van der Waals surface area contributed by atoms with Crippen molar-refractivity contribution in [3.05, 3.63) is 63.1 Å². The lowest BCUT2D eigenvalue weighted by molar-refractivity contribution is -0.117. The van der Waals surface area contributed by atoms with E-state index in [1.165, 1.54) is 18.2 Å². The number of carbonyl (C=O) groups is 2. The molecule has 2 saturated carbocycles. The zero-order valence-corrected chi connectivity index (χ0v) is 20.1. The fourth-order valence-electron chi connectivity index (χ4n) is 2.99. The molecule has 2 amide bonds. The number of hydrogen-bond donors (Lipinski definition) is 2. The van der Waals surface area contributed by atoms with E-state index in [4.69, 9.17) is 58.0 Å². The summed E-state index contributed by atoms with van der Waals surface area (Å²) < 4.78 is 24.6. The number of benzene rings is 2. The zero-order valence-electron chi connectivity index (χ0n) is 16.3.